The fourth-order valence-corrected chi connectivity index (χ4v) is 3.09. The molecule has 1 heterocycles. The van der Waals surface area contributed by atoms with Gasteiger partial charge >= 0.3 is 0 Å². The van der Waals surface area contributed by atoms with E-state index in [0.29, 0.717) is 0 Å². The number of nitrogens with one attached hydrogen (secondary N) is 1. The van der Waals surface area contributed by atoms with Crippen LogP contribution in [0.2, 0.25) is 0 Å². The number of hydrogen-bond acceptors (Lipinski definition) is 2. The largest absolute Gasteiger partial charge is 0.370 e. The first kappa shape index (κ1) is 13.4. The lowest BCUT2D eigenvalue weighted by atomic mass is 10.0. The molecule has 1 aromatic heterocycles. The van der Waals surface area contributed by atoms with Gasteiger partial charge < -0.3 is 5.32 Å². The molecule has 2 nitrogen and oxygen atoms in total. The number of benzene rings is 2. The van der Waals surface area contributed by atoms with Crippen LogP contribution in [0.25, 0.3) is 21.7 Å². The summed E-state index contributed by atoms with van der Waals surface area (Å²) in [5.41, 5.74) is 2.25. The van der Waals surface area contributed by atoms with E-state index in [9.17, 15) is 0 Å². The molecule has 0 atom stereocenters. The number of anilines is 1. The number of nitrogens with zero attached hydrogens (tertiary/aromatic N) is 1. The molecule has 102 valence electrons. The zero-order chi connectivity index (χ0) is 14.1. The van der Waals surface area contributed by atoms with Crippen molar-refractivity contribution in [2.75, 3.05) is 11.9 Å². The maximum Gasteiger partial charge on any atom is 0.129 e. The fraction of sp³-hybridized carbons (Fsp3) is 0.235. The van der Waals surface area contributed by atoms with Crippen LogP contribution in [0.4, 0.5) is 5.82 Å². The summed E-state index contributed by atoms with van der Waals surface area (Å²) in [4.78, 5) is 4.85. The number of aryl methyl sites for hydroxylation is 1. The van der Waals surface area contributed by atoms with Crippen LogP contribution in [-0.4, -0.2) is 11.5 Å². The first-order chi connectivity index (χ1) is 9.70. The van der Waals surface area contributed by atoms with Gasteiger partial charge in [-0.3, -0.25) is 0 Å². The predicted octanol–water partition coefficient (Wildman–Crippen LogP) is 5.28. The standard InChI is InChI=1S/C17H17BrN2/c1-3-8-19-17-11(2)9-12-10-15(18)13-6-4-5-7-14(13)16(12)20-17/h4-7,9-10H,3,8H2,1-2H3,(H,19,20). The third kappa shape index (κ3) is 2.27. The van der Waals surface area contributed by atoms with Gasteiger partial charge in [0.15, 0.2) is 0 Å². The van der Waals surface area contributed by atoms with Gasteiger partial charge in [0.25, 0.3) is 0 Å². The molecular formula is C17H17BrN2. The van der Waals surface area contributed by atoms with Gasteiger partial charge in [-0.25, -0.2) is 4.98 Å². The molecule has 0 spiro atoms. The zero-order valence-corrected chi connectivity index (χ0v) is 13.3. The van der Waals surface area contributed by atoms with Crippen molar-refractivity contribution in [3.05, 3.63) is 46.4 Å². The van der Waals surface area contributed by atoms with E-state index < -0.39 is 0 Å². The van der Waals surface area contributed by atoms with Crippen molar-refractivity contribution in [2.24, 2.45) is 0 Å². The lowest BCUT2D eigenvalue weighted by Gasteiger charge is -2.11. The summed E-state index contributed by atoms with van der Waals surface area (Å²) >= 11 is 3.66. The number of aromatic nitrogens is 1. The molecule has 0 amide bonds. The summed E-state index contributed by atoms with van der Waals surface area (Å²) in [5, 5.41) is 6.98. The van der Waals surface area contributed by atoms with Gasteiger partial charge in [0, 0.05) is 21.8 Å². The number of halogens is 1. The summed E-state index contributed by atoms with van der Waals surface area (Å²) in [5.74, 6) is 0.992. The minimum atomic E-state index is 0.952. The molecule has 0 radical (unpaired) electrons. The Kier molecular flexibility index (Phi) is 3.62. The van der Waals surface area contributed by atoms with Crippen LogP contribution in [0, 0.1) is 6.92 Å². The Labute approximate surface area is 127 Å². The average molecular weight is 329 g/mol. The van der Waals surface area contributed by atoms with Crippen LogP contribution in [-0.2, 0) is 0 Å². The maximum absolute atomic E-state index is 4.85. The summed E-state index contributed by atoms with van der Waals surface area (Å²) in [6.45, 7) is 5.22. The van der Waals surface area contributed by atoms with Gasteiger partial charge in [0.1, 0.15) is 5.82 Å². The van der Waals surface area contributed by atoms with Crippen molar-refractivity contribution in [3.8, 4) is 0 Å². The summed E-state index contributed by atoms with van der Waals surface area (Å²) in [6, 6.07) is 12.7. The number of fused-ring (bicyclic) bond motifs is 3. The highest BCUT2D eigenvalue weighted by Gasteiger charge is 2.08. The second-order valence-electron chi connectivity index (χ2n) is 5.06. The molecule has 0 fully saturated rings. The van der Waals surface area contributed by atoms with E-state index in [1.165, 1.54) is 21.7 Å². The van der Waals surface area contributed by atoms with Gasteiger partial charge in [0.05, 0.1) is 5.52 Å². The third-order valence-electron chi connectivity index (χ3n) is 3.51. The highest BCUT2D eigenvalue weighted by molar-refractivity contribution is 9.10. The average Bonchev–Trinajstić information content (AvgIpc) is 2.46. The molecule has 0 aliphatic heterocycles. The summed E-state index contributed by atoms with van der Waals surface area (Å²) < 4.78 is 1.12. The Morgan fingerprint density at radius 2 is 1.90 bits per heavy atom. The van der Waals surface area contributed by atoms with Crippen LogP contribution in [0.3, 0.4) is 0 Å². The van der Waals surface area contributed by atoms with Gasteiger partial charge in [-0.2, -0.15) is 0 Å². The molecule has 0 aliphatic carbocycles. The molecule has 0 aliphatic rings. The molecule has 0 unspecified atom stereocenters. The highest BCUT2D eigenvalue weighted by Crippen LogP contribution is 2.32. The molecule has 1 N–H and O–H groups in total. The normalized spacial score (nSPS) is 11.2. The zero-order valence-electron chi connectivity index (χ0n) is 11.7. The molecule has 3 rings (SSSR count). The highest BCUT2D eigenvalue weighted by atomic mass is 79.9. The fourth-order valence-electron chi connectivity index (χ4n) is 2.49. The Balaban J connectivity index is 2.30. The molecule has 20 heavy (non-hydrogen) atoms. The van der Waals surface area contributed by atoms with Crippen LogP contribution in [0.15, 0.2) is 40.9 Å². The Hall–Kier alpha value is -1.61. The quantitative estimate of drug-likeness (QED) is 0.661. The Bertz CT molecular complexity index is 781. The lowest BCUT2D eigenvalue weighted by Crippen LogP contribution is -2.04. The minimum absolute atomic E-state index is 0.952. The van der Waals surface area contributed by atoms with Crippen molar-refractivity contribution >= 4 is 43.4 Å². The molecule has 0 saturated heterocycles. The van der Waals surface area contributed by atoms with Gasteiger partial charge in [0.2, 0.25) is 0 Å². The molecule has 3 aromatic rings. The Morgan fingerprint density at radius 1 is 1.15 bits per heavy atom. The molecule has 3 heteroatoms. The number of rotatable bonds is 3. The van der Waals surface area contributed by atoms with E-state index in [1.807, 2.05) is 0 Å². The van der Waals surface area contributed by atoms with Crippen LogP contribution in [0.1, 0.15) is 18.9 Å². The van der Waals surface area contributed by atoms with E-state index in [-0.39, 0.29) is 0 Å². The molecule has 0 bridgehead atoms. The first-order valence-corrected chi connectivity index (χ1v) is 7.72. The van der Waals surface area contributed by atoms with Crippen LogP contribution >= 0.6 is 15.9 Å². The topological polar surface area (TPSA) is 24.9 Å². The minimum Gasteiger partial charge on any atom is -0.370 e. The smallest absolute Gasteiger partial charge is 0.129 e. The van der Waals surface area contributed by atoms with E-state index in [0.717, 1.165) is 28.8 Å². The van der Waals surface area contributed by atoms with E-state index in [4.69, 9.17) is 4.98 Å². The maximum atomic E-state index is 4.85. The van der Waals surface area contributed by atoms with Crippen molar-refractivity contribution in [1.29, 1.82) is 0 Å². The first-order valence-electron chi connectivity index (χ1n) is 6.93. The van der Waals surface area contributed by atoms with Crippen LogP contribution < -0.4 is 5.32 Å². The van der Waals surface area contributed by atoms with Crippen molar-refractivity contribution in [1.82, 2.24) is 4.98 Å². The predicted molar refractivity (Wildman–Crippen MR) is 90.5 cm³/mol. The van der Waals surface area contributed by atoms with Gasteiger partial charge in [-0.05, 0) is 36.4 Å². The molecule has 2 aromatic carbocycles. The monoisotopic (exact) mass is 328 g/mol. The Morgan fingerprint density at radius 3 is 2.65 bits per heavy atom. The molecular weight excluding hydrogens is 312 g/mol. The van der Waals surface area contributed by atoms with Gasteiger partial charge in [-0.1, -0.05) is 47.1 Å². The van der Waals surface area contributed by atoms with E-state index in [1.54, 1.807) is 0 Å². The summed E-state index contributed by atoms with van der Waals surface area (Å²) in [6.07, 6.45) is 1.10. The summed E-state index contributed by atoms with van der Waals surface area (Å²) in [7, 11) is 0. The van der Waals surface area contributed by atoms with E-state index >= 15 is 0 Å². The van der Waals surface area contributed by atoms with Gasteiger partial charge in [-0.15, -0.1) is 0 Å². The SMILES string of the molecule is CCCNc1nc2c(cc1C)cc(Br)c1ccccc12. The van der Waals surface area contributed by atoms with Crippen molar-refractivity contribution in [2.45, 2.75) is 20.3 Å². The third-order valence-corrected chi connectivity index (χ3v) is 4.16. The molecule has 0 saturated carbocycles. The van der Waals surface area contributed by atoms with E-state index in [2.05, 4.69) is 71.5 Å². The lowest BCUT2D eigenvalue weighted by molar-refractivity contribution is 0.968. The second-order valence-corrected chi connectivity index (χ2v) is 5.91. The number of hydrogen-bond donors (Lipinski definition) is 1. The second kappa shape index (κ2) is 5.41. The van der Waals surface area contributed by atoms with Crippen molar-refractivity contribution in [3.63, 3.8) is 0 Å². The number of pyridine rings is 1. The van der Waals surface area contributed by atoms with Crippen molar-refractivity contribution < 1.29 is 0 Å². The van der Waals surface area contributed by atoms with Crippen LogP contribution in [0.5, 0.6) is 0 Å².